The van der Waals surface area contributed by atoms with Gasteiger partial charge in [0.1, 0.15) is 0 Å². The fourth-order valence-corrected chi connectivity index (χ4v) is 13.6. The molecule has 0 saturated carbocycles. The summed E-state index contributed by atoms with van der Waals surface area (Å²) < 4.78 is 18.1. The molecule has 1 atom stereocenters. The molecule has 0 aromatic carbocycles. The minimum absolute atomic E-state index is 0. The average molecular weight is 360 g/mol. The van der Waals surface area contributed by atoms with E-state index in [9.17, 15) is 0 Å². The van der Waals surface area contributed by atoms with Crippen LogP contribution in [0.3, 0.4) is 0 Å². The zero-order valence-electron chi connectivity index (χ0n) is 12.4. The van der Waals surface area contributed by atoms with Gasteiger partial charge in [-0.2, -0.15) is 0 Å². The molecule has 7 heteroatoms. The highest BCUT2D eigenvalue weighted by Crippen LogP contribution is 2.25. The molecule has 2 N–H and O–H groups in total. The van der Waals surface area contributed by atoms with Crippen LogP contribution in [-0.2, 0) is 12.7 Å². The van der Waals surface area contributed by atoms with E-state index in [4.69, 9.17) is 18.4 Å². The molecule has 0 aromatic rings. The lowest BCUT2D eigenvalue weighted by Gasteiger charge is -2.38. The van der Waals surface area contributed by atoms with Gasteiger partial charge in [-0.05, 0) is 58.3 Å². The van der Waals surface area contributed by atoms with Crippen molar-refractivity contribution in [3.63, 3.8) is 0 Å². The van der Waals surface area contributed by atoms with Gasteiger partial charge in [-0.3, -0.25) is 0 Å². The van der Waals surface area contributed by atoms with Crippen LogP contribution >= 0.6 is 0 Å². The standard InChI is InChI=1S/C10H29NO3Si3.4CH4/c1-12-16(5,6)14-17(7,10-8-9-11)13-15(2,3)4;;;;/h8-11H2,1-7H3;4*1H4. The summed E-state index contributed by atoms with van der Waals surface area (Å²) in [5.74, 6) is 0. The molecule has 0 bridgehead atoms. The van der Waals surface area contributed by atoms with Crippen molar-refractivity contribution >= 4 is 25.4 Å². The van der Waals surface area contributed by atoms with Gasteiger partial charge in [0.25, 0.3) is 0 Å². The molecular weight excluding hydrogens is 314 g/mol. The van der Waals surface area contributed by atoms with Crippen molar-refractivity contribution in [1.82, 2.24) is 0 Å². The predicted octanol–water partition coefficient (Wildman–Crippen LogP) is 5.17. The van der Waals surface area contributed by atoms with Crippen molar-refractivity contribution in [2.24, 2.45) is 5.73 Å². The van der Waals surface area contributed by atoms with Crippen LogP contribution in [0.5, 0.6) is 0 Å². The Hall–Kier alpha value is 0.491. The number of rotatable bonds is 8. The second kappa shape index (κ2) is 13.0. The molecule has 0 fully saturated rings. The Kier molecular flexibility index (Phi) is 20.5. The molecule has 0 radical (unpaired) electrons. The van der Waals surface area contributed by atoms with Crippen molar-refractivity contribution in [1.29, 1.82) is 0 Å². The van der Waals surface area contributed by atoms with Gasteiger partial charge in [0.15, 0.2) is 8.32 Å². The summed E-state index contributed by atoms with van der Waals surface area (Å²) in [6, 6.07) is 0.952. The van der Waals surface area contributed by atoms with E-state index in [-0.39, 0.29) is 29.7 Å². The van der Waals surface area contributed by atoms with Crippen molar-refractivity contribution in [2.75, 3.05) is 13.7 Å². The van der Waals surface area contributed by atoms with Crippen LogP contribution in [0.25, 0.3) is 0 Å². The largest absolute Gasteiger partial charge is 0.437 e. The Labute approximate surface area is 139 Å². The Morgan fingerprint density at radius 2 is 1.24 bits per heavy atom. The lowest BCUT2D eigenvalue weighted by molar-refractivity contribution is 0.275. The molecule has 0 aliphatic carbocycles. The molecule has 0 aliphatic heterocycles. The van der Waals surface area contributed by atoms with Gasteiger partial charge in [0.2, 0.25) is 0 Å². The third kappa shape index (κ3) is 16.7. The van der Waals surface area contributed by atoms with Crippen molar-refractivity contribution < 1.29 is 12.7 Å². The van der Waals surface area contributed by atoms with E-state index in [1.807, 2.05) is 0 Å². The monoisotopic (exact) mass is 359 g/mol. The van der Waals surface area contributed by atoms with Gasteiger partial charge in [0, 0.05) is 7.11 Å². The summed E-state index contributed by atoms with van der Waals surface area (Å²) in [4.78, 5) is 0. The van der Waals surface area contributed by atoms with Crippen LogP contribution < -0.4 is 5.73 Å². The topological polar surface area (TPSA) is 53.7 Å². The molecule has 0 saturated heterocycles. The second-order valence-electron chi connectivity index (χ2n) is 5.95. The van der Waals surface area contributed by atoms with Crippen LogP contribution in [0.15, 0.2) is 0 Å². The van der Waals surface area contributed by atoms with E-state index in [1.54, 1.807) is 7.11 Å². The summed E-state index contributed by atoms with van der Waals surface area (Å²) >= 11 is 0. The molecule has 136 valence electrons. The Morgan fingerprint density at radius 3 is 1.52 bits per heavy atom. The SMILES string of the molecule is C.C.C.C.CO[Si](C)(C)O[Si](C)(CCCN)O[Si](C)(C)C. The van der Waals surface area contributed by atoms with Gasteiger partial charge in [-0.1, -0.05) is 29.7 Å². The highest BCUT2D eigenvalue weighted by atomic mass is 28.5. The van der Waals surface area contributed by atoms with Crippen molar-refractivity contribution in [2.45, 2.75) is 81.5 Å². The molecule has 0 rings (SSSR count). The molecule has 0 aromatic heterocycles. The molecule has 0 spiro atoms. The van der Waals surface area contributed by atoms with Crippen LogP contribution in [-0.4, -0.2) is 39.1 Å². The second-order valence-corrected chi connectivity index (χ2v) is 17.8. The van der Waals surface area contributed by atoms with E-state index in [0.717, 1.165) is 12.5 Å². The molecule has 4 nitrogen and oxygen atoms in total. The summed E-state index contributed by atoms with van der Waals surface area (Å²) in [6.45, 7) is 13.6. The van der Waals surface area contributed by atoms with Crippen LogP contribution in [0.1, 0.15) is 36.1 Å². The molecular formula is C14H45NO3Si3. The number of hydrogen-bond donors (Lipinski definition) is 1. The molecule has 21 heavy (non-hydrogen) atoms. The van der Waals surface area contributed by atoms with E-state index < -0.39 is 25.4 Å². The minimum atomic E-state index is -2.14. The zero-order chi connectivity index (χ0) is 13.7. The van der Waals surface area contributed by atoms with E-state index in [2.05, 4.69) is 39.3 Å². The molecule has 0 aliphatic rings. The van der Waals surface area contributed by atoms with Crippen molar-refractivity contribution in [3.05, 3.63) is 0 Å². The maximum absolute atomic E-state index is 6.32. The van der Waals surface area contributed by atoms with E-state index >= 15 is 0 Å². The average Bonchev–Trinajstić information content (AvgIpc) is 2.11. The van der Waals surface area contributed by atoms with E-state index in [0.29, 0.717) is 6.54 Å². The fraction of sp³-hybridized carbons (Fsp3) is 1.00. The van der Waals surface area contributed by atoms with Crippen molar-refractivity contribution in [3.8, 4) is 0 Å². The first-order valence-corrected chi connectivity index (χ1v) is 14.9. The van der Waals surface area contributed by atoms with Gasteiger partial charge in [-0.15, -0.1) is 0 Å². The van der Waals surface area contributed by atoms with E-state index in [1.165, 1.54) is 0 Å². The Bertz CT molecular complexity index is 236. The molecule has 0 amide bonds. The number of hydrogen-bond acceptors (Lipinski definition) is 4. The predicted molar refractivity (Wildman–Crippen MR) is 107 cm³/mol. The molecule has 0 heterocycles. The van der Waals surface area contributed by atoms with Gasteiger partial charge in [-0.25, -0.2) is 0 Å². The van der Waals surface area contributed by atoms with Crippen LogP contribution in [0.2, 0.25) is 45.3 Å². The van der Waals surface area contributed by atoms with Gasteiger partial charge >= 0.3 is 17.1 Å². The highest BCUT2D eigenvalue weighted by Gasteiger charge is 2.41. The zero-order valence-corrected chi connectivity index (χ0v) is 15.4. The first-order valence-electron chi connectivity index (χ1n) is 6.19. The smallest absolute Gasteiger partial charge is 0.322 e. The van der Waals surface area contributed by atoms with Crippen LogP contribution in [0.4, 0.5) is 0 Å². The fourth-order valence-electron chi connectivity index (χ4n) is 1.76. The first kappa shape index (κ1) is 33.2. The first-order chi connectivity index (χ1) is 7.54. The maximum Gasteiger partial charge on any atom is 0.322 e. The minimum Gasteiger partial charge on any atom is -0.437 e. The normalized spacial score (nSPS) is 13.7. The third-order valence-electron chi connectivity index (χ3n) is 2.31. The summed E-state index contributed by atoms with van der Waals surface area (Å²) in [5.41, 5.74) is 5.60. The summed E-state index contributed by atoms with van der Waals surface area (Å²) in [5, 5.41) is 0. The maximum atomic E-state index is 6.32. The molecule has 1 unspecified atom stereocenters. The third-order valence-corrected chi connectivity index (χ3v) is 12.4. The van der Waals surface area contributed by atoms with Gasteiger partial charge in [0.05, 0.1) is 0 Å². The quantitative estimate of drug-likeness (QED) is 0.607. The lowest BCUT2D eigenvalue weighted by atomic mass is 10.5. The lowest BCUT2D eigenvalue weighted by Crippen LogP contribution is -2.54. The van der Waals surface area contributed by atoms with Gasteiger partial charge < -0.3 is 18.4 Å². The Morgan fingerprint density at radius 1 is 0.810 bits per heavy atom. The Balaban J connectivity index is -0.000000213. The summed E-state index contributed by atoms with van der Waals surface area (Å²) in [7, 11) is -4.06. The highest BCUT2D eigenvalue weighted by molar-refractivity contribution is 6.86. The summed E-state index contributed by atoms with van der Waals surface area (Å²) in [6.07, 6.45) is 0.960. The van der Waals surface area contributed by atoms with Crippen LogP contribution in [0, 0.1) is 0 Å². The number of nitrogens with two attached hydrogens (primary N) is 1.